The van der Waals surface area contributed by atoms with E-state index in [1.54, 1.807) is 6.92 Å². The fourth-order valence-electron chi connectivity index (χ4n) is 2.20. The molecule has 1 aromatic heterocycles. The highest BCUT2D eigenvalue weighted by molar-refractivity contribution is 6.14. The van der Waals surface area contributed by atoms with Gasteiger partial charge in [-0.15, -0.1) is 10.2 Å². The van der Waals surface area contributed by atoms with Gasteiger partial charge in [0.1, 0.15) is 5.56 Å². The molecule has 2 aromatic rings. The molecule has 1 heterocycles. The molecule has 0 radical (unpaired) electrons. The van der Waals surface area contributed by atoms with Gasteiger partial charge in [0, 0.05) is 12.7 Å². The van der Waals surface area contributed by atoms with Gasteiger partial charge >= 0.3 is 5.97 Å². The van der Waals surface area contributed by atoms with Crippen LogP contribution in [0, 0.1) is 10.1 Å². The maximum atomic E-state index is 12.8. The van der Waals surface area contributed by atoms with Crippen molar-refractivity contribution in [2.24, 2.45) is 0 Å². The molecule has 27 heavy (non-hydrogen) atoms. The van der Waals surface area contributed by atoms with Gasteiger partial charge in [-0.25, -0.2) is 4.79 Å². The number of ether oxygens (including phenoxy) is 3. The van der Waals surface area contributed by atoms with Crippen LogP contribution in [0.15, 0.2) is 12.1 Å². The summed E-state index contributed by atoms with van der Waals surface area (Å²) in [5.74, 6) is -2.41. The summed E-state index contributed by atoms with van der Waals surface area (Å²) >= 11 is 0. The fraction of sp³-hybridized carbons (Fsp3) is 0.333. The van der Waals surface area contributed by atoms with Gasteiger partial charge in [0.25, 0.3) is 5.69 Å². The molecule has 1 N–H and O–H groups in total. The van der Waals surface area contributed by atoms with Crippen LogP contribution in [-0.2, 0) is 11.5 Å². The molecule has 0 atom stereocenters. The molecule has 12 heteroatoms. The number of carboxylic acid groups (broad SMARTS) is 1. The predicted octanol–water partition coefficient (Wildman–Crippen LogP) is 1.13. The number of methoxy groups -OCH3 is 2. The van der Waals surface area contributed by atoms with Crippen LogP contribution in [0.2, 0.25) is 0 Å². The Bertz CT molecular complexity index is 892. The number of carbonyl (C=O) groups excluding carboxylic acids is 1. The van der Waals surface area contributed by atoms with Crippen LogP contribution >= 0.6 is 0 Å². The van der Waals surface area contributed by atoms with Gasteiger partial charge in [-0.1, -0.05) is 0 Å². The van der Waals surface area contributed by atoms with E-state index in [0.29, 0.717) is 6.61 Å². The highest BCUT2D eigenvalue weighted by Crippen LogP contribution is 2.35. The topological polar surface area (TPSA) is 156 Å². The number of nitro groups is 1. The van der Waals surface area contributed by atoms with Crippen molar-refractivity contribution in [2.45, 2.75) is 13.7 Å². The summed E-state index contributed by atoms with van der Waals surface area (Å²) in [5, 5.41) is 28.1. The lowest BCUT2D eigenvalue weighted by molar-refractivity contribution is -0.385. The van der Waals surface area contributed by atoms with E-state index in [1.807, 2.05) is 0 Å². The molecule has 2 rings (SSSR count). The predicted molar refractivity (Wildman–Crippen MR) is 88.2 cm³/mol. The largest absolute Gasteiger partial charge is 0.493 e. The number of rotatable bonds is 9. The molecule has 0 saturated heterocycles. The lowest BCUT2D eigenvalue weighted by atomic mass is 10.0. The minimum atomic E-state index is -1.51. The summed E-state index contributed by atoms with van der Waals surface area (Å²) in [6.07, 6.45) is 0. The molecule has 0 unspecified atom stereocenters. The van der Waals surface area contributed by atoms with Crippen LogP contribution in [0.3, 0.4) is 0 Å². The zero-order chi connectivity index (χ0) is 20.1. The van der Waals surface area contributed by atoms with Crippen LogP contribution in [0.5, 0.6) is 11.5 Å². The van der Waals surface area contributed by atoms with E-state index in [1.165, 1.54) is 14.2 Å². The molecule has 0 spiro atoms. The molecule has 12 nitrogen and oxygen atoms in total. The van der Waals surface area contributed by atoms with E-state index >= 15 is 0 Å². The van der Waals surface area contributed by atoms with E-state index in [2.05, 4.69) is 10.2 Å². The van der Waals surface area contributed by atoms with Crippen molar-refractivity contribution in [3.8, 4) is 11.5 Å². The number of benzene rings is 1. The van der Waals surface area contributed by atoms with Crippen LogP contribution in [0.4, 0.5) is 5.69 Å². The van der Waals surface area contributed by atoms with Gasteiger partial charge in [0.15, 0.2) is 23.9 Å². The molecule has 144 valence electrons. The molecule has 0 aliphatic heterocycles. The number of hydrogen-bond acceptors (Lipinski definition) is 9. The van der Waals surface area contributed by atoms with E-state index in [0.717, 1.165) is 16.9 Å². The molecular formula is C15H16N4O8. The second-order valence-electron chi connectivity index (χ2n) is 5.01. The normalized spacial score (nSPS) is 10.5. The van der Waals surface area contributed by atoms with Crippen molar-refractivity contribution in [1.82, 2.24) is 15.0 Å². The lowest BCUT2D eigenvalue weighted by Crippen LogP contribution is -2.12. The first-order valence-corrected chi connectivity index (χ1v) is 7.55. The average molecular weight is 380 g/mol. The average Bonchev–Trinajstić information content (AvgIpc) is 3.09. The van der Waals surface area contributed by atoms with Crippen LogP contribution < -0.4 is 9.47 Å². The standard InChI is InChI=1S/C15H16N4O8/c1-4-27-7-18-16-12(13(17-18)15(21)22)14(20)8-5-10(25-2)11(26-3)6-9(8)19(23)24/h5-6H,4,7H2,1-3H3,(H,21,22). The maximum absolute atomic E-state index is 12.8. The van der Waals surface area contributed by atoms with Crippen molar-refractivity contribution in [3.63, 3.8) is 0 Å². The van der Waals surface area contributed by atoms with Crippen LogP contribution in [-0.4, -0.2) is 57.6 Å². The van der Waals surface area contributed by atoms with E-state index < -0.39 is 39.3 Å². The fourth-order valence-corrected chi connectivity index (χ4v) is 2.20. The number of carbonyl (C=O) groups is 2. The van der Waals surface area contributed by atoms with Gasteiger partial charge in [0.05, 0.1) is 25.2 Å². The van der Waals surface area contributed by atoms with E-state index in [-0.39, 0.29) is 18.2 Å². The van der Waals surface area contributed by atoms with Crippen molar-refractivity contribution in [1.29, 1.82) is 0 Å². The highest BCUT2D eigenvalue weighted by Gasteiger charge is 2.31. The Morgan fingerprint density at radius 3 is 2.30 bits per heavy atom. The smallest absolute Gasteiger partial charge is 0.358 e. The minimum absolute atomic E-state index is 0.0409. The first kappa shape index (κ1) is 19.8. The number of carboxylic acids is 1. The summed E-state index contributed by atoms with van der Waals surface area (Å²) in [6.45, 7) is 1.84. The van der Waals surface area contributed by atoms with Gasteiger partial charge in [0.2, 0.25) is 11.5 Å². The summed E-state index contributed by atoms with van der Waals surface area (Å²) in [6, 6.07) is 2.10. The Morgan fingerprint density at radius 1 is 1.19 bits per heavy atom. The molecular weight excluding hydrogens is 364 g/mol. The van der Waals surface area contributed by atoms with Gasteiger partial charge in [-0.2, -0.15) is 4.80 Å². The highest BCUT2D eigenvalue weighted by atomic mass is 16.6. The van der Waals surface area contributed by atoms with Crippen molar-refractivity contribution in [2.75, 3.05) is 20.8 Å². The molecule has 1 aromatic carbocycles. The Labute approximate surface area is 152 Å². The second kappa shape index (κ2) is 8.23. The van der Waals surface area contributed by atoms with Gasteiger partial charge in [-0.3, -0.25) is 14.9 Å². The first-order valence-electron chi connectivity index (χ1n) is 7.55. The Hall–Kier alpha value is -3.54. The monoisotopic (exact) mass is 380 g/mol. The Kier molecular flexibility index (Phi) is 6.03. The third kappa shape index (κ3) is 4.00. The second-order valence-corrected chi connectivity index (χ2v) is 5.01. The summed E-state index contributed by atoms with van der Waals surface area (Å²) in [5.41, 5.74) is -2.21. The molecule has 0 bridgehead atoms. The third-order valence-corrected chi connectivity index (χ3v) is 3.43. The van der Waals surface area contributed by atoms with Crippen molar-refractivity contribution >= 4 is 17.4 Å². The number of ketones is 1. The molecule has 0 fully saturated rings. The minimum Gasteiger partial charge on any atom is -0.493 e. The van der Waals surface area contributed by atoms with Crippen molar-refractivity contribution < 1.29 is 33.8 Å². The number of nitro benzene ring substituents is 1. The Morgan fingerprint density at radius 2 is 1.78 bits per heavy atom. The summed E-state index contributed by atoms with van der Waals surface area (Å²) in [4.78, 5) is 35.7. The third-order valence-electron chi connectivity index (χ3n) is 3.43. The van der Waals surface area contributed by atoms with Crippen molar-refractivity contribution in [3.05, 3.63) is 39.2 Å². The quantitative estimate of drug-likeness (QED) is 0.380. The van der Waals surface area contributed by atoms with Crippen LogP contribution in [0.25, 0.3) is 0 Å². The van der Waals surface area contributed by atoms with E-state index in [9.17, 15) is 24.8 Å². The number of aromatic carboxylic acids is 1. The Balaban J connectivity index is 2.61. The van der Waals surface area contributed by atoms with Gasteiger partial charge < -0.3 is 19.3 Å². The zero-order valence-corrected chi connectivity index (χ0v) is 14.7. The number of nitrogens with zero attached hydrogens (tertiary/aromatic N) is 4. The lowest BCUT2D eigenvalue weighted by Gasteiger charge is -2.09. The molecule has 0 aliphatic rings. The molecule has 0 amide bonds. The summed E-state index contributed by atoms with van der Waals surface area (Å²) < 4.78 is 15.1. The zero-order valence-electron chi connectivity index (χ0n) is 14.7. The summed E-state index contributed by atoms with van der Waals surface area (Å²) in [7, 11) is 2.57. The first-order chi connectivity index (χ1) is 12.8. The van der Waals surface area contributed by atoms with Gasteiger partial charge in [-0.05, 0) is 6.92 Å². The molecule has 0 saturated carbocycles. The van der Waals surface area contributed by atoms with E-state index in [4.69, 9.17) is 14.2 Å². The maximum Gasteiger partial charge on any atom is 0.358 e. The SMILES string of the molecule is CCOCn1nc(C(=O)O)c(C(=O)c2cc(OC)c(OC)cc2[N+](=O)[O-])n1. The molecule has 0 aliphatic carbocycles. The number of aromatic nitrogens is 3. The van der Waals surface area contributed by atoms with Crippen LogP contribution in [0.1, 0.15) is 33.5 Å². The number of hydrogen-bond donors (Lipinski definition) is 1.